The van der Waals surface area contributed by atoms with Gasteiger partial charge in [0.2, 0.25) is 5.91 Å². The molecule has 0 radical (unpaired) electrons. The van der Waals surface area contributed by atoms with Crippen molar-refractivity contribution in [2.45, 2.75) is 18.9 Å². The number of piperidine rings is 1. The molecule has 33 heavy (non-hydrogen) atoms. The van der Waals surface area contributed by atoms with Crippen LogP contribution in [0.1, 0.15) is 33.6 Å². The minimum atomic E-state index is -0.842. The SMILES string of the molecule is COCCNC(=O)C(NC(=O)c1ccc(F)cc1)C1CCN(C(=O)c2ccccc2F)CC1. The van der Waals surface area contributed by atoms with Gasteiger partial charge in [-0.25, -0.2) is 8.78 Å². The molecular weight excluding hydrogens is 432 g/mol. The van der Waals surface area contributed by atoms with E-state index in [4.69, 9.17) is 4.74 Å². The van der Waals surface area contributed by atoms with E-state index in [-0.39, 0.29) is 29.5 Å². The summed E-state index contributed by atoms with van der Waals surface area (Å²) in [6.07, 6.45) is 0.901. The smallest absolute Gasteiger partial charge is 0.256 e. The van der Waals surface area contributed by atoms with Crippen molar-refractivity contribution in [2.24, 2.45) is 5.92 Å². The lowest BCUT2D eigenvalue weighted by Crippen LogP contribution is -2.54. The normalized spacial score (nSPS) is 15.1. The van der Waals surface area contributed by atoms with Gasteiger partial charge in [0.05, 0.1) is 12.2 Å². The average molecular weight is 459 g/mol. The molecule has 9 heteroatoms. The number of rotatable bonds is 8. The molecule has 2 N–H and O–H groups in total. The average Bonchev–Trinajstić information content (AvgIpc) is 2.83. The van der Waals surface area contributed by atoms with Crippen molar-refractivity contribution in [3.63, 3.8) is 0 Å². The molecule has 0 aromatic heterocycles. The van der Waals surface area contributed by atoms with E-state index in [1.807, 2.05) is 0 Å². The zero-order chi connectivity index (χ0) is 23.8. The molecule has 3 rings (SSSR count). The summed E-state index contributed by atoms with van der Waals surface area (Å²) in [5, 5.41) is 5.50. The largest absolute Gasteiger partial charge is 0.383 e. The van der Waals surface area contributed by atoms with Crippen LogP contribution in [0.5, 0.6) is 0 Å². The van der Waals surface area contributed by atoms with E-state index < -0.39 is 29.5 Å². The Labute approximate surface area is 191 Å². The Hall–Kier alpha value is -3.33. The van der Waals surface area contributed by atoms with E-state index in [2.05, 4.69) is 10.6 Å². The second-order valence-corrected chi connectivity index (χ2v) is 7.85. The van der Waals surface area contributed by atoms with Crippen LogP contribution in [0.25, 0.3) is 0 Å². The van der Waals surface area contributed by atoms with Gasteiger partial charge in [0, 0.05) is 32.3 Å². The van der Waals surface area contributed by atoms with E-state index in [0.29, 0.717) is 32.5 Å². The van der Waals surface area contributed by atoms with Gasteiger partial charge in [0.1, 0.15) is 17.7 Å². The van der Waals surface area contributed by atoms with Gasteiger partial charge in [-0.15, -0.1) is 0 Å². The van der Waals surface area contributed by atoms with E-state index >= 15 is 0 Å². The topological polar surface area (TPSA) is 87.7 Å². The van der Waals surface area contributed by atoms with Crippen LogP contribution >= 0.6 is 0 Å². The molecule has 176 valence electrons. The minimum absolute atomic E-state index is 0.00872. The van der Waals surface area contributed by atoms with Gasteiger partial charge in [-0.3, -0.25) is 14.4 Å². The summed E-state index contributed by atoms with van der Waals surface area (Å²) in [5.74, 6) is -2.53. The quantitative estimate of drug-likeness (QED) is 0.594. The molecule has 2 aromatic carbocycles. The van der Waals surface area contributed by atoms with Gasteiger partial charge in [0.25, 0.3) is 11.8 Å². The molecule has 0 saturated carbocycles. The third-order valence-electron chi connectivity index (χ3n) is 5.68. The molecule has 7 nitrogen and oxygen atoms in total. The van der Waals surface area contributed by atoms with Gasteiger partial charge in [-0.2, -0.15) is 0 Å². The Bertz CT molecular complexity index is 976. The summed E-state index contributed by atoms with van der Waals surface area (Å²) in [6, 6.07) is 10.0. The Balaban J connectivity index is 1.68. The van der Waals surface area contributed by atoms with Crippen LogP contribution in [0.4, 0.5) is 8.78 Å². The highest BCUT2D eigenvalue weighted by molar-refractivity contribution is 5.97. The van der Waals surface area contributed by atoms with Crippen molar-refractivity contribution >= 4 is 17.7 Å². The molecule has 1 aliphatic heterocycles. The number of likely N-dealkylation sites (tertiary alicyclic amines) is 1. The highest BCUT2D eigenvalue weighted by Crippen LogP contribution is 2.23. The fourth-order valence-electron chi connectivity index (χ4n) is 3.85. The highest BCUT2D eigenvalue weighted by Gasteiger charge is 2.34. The Morgan fingerprint density at radius 1 is 1.06 bits per heavy atom. The van der Waals surface area contributed by atoms with Crippen LogP contribution in [0, 0.1) is 17.6 Å². The van der Waals surface area contributed by atoms with E-state index in [1.165, 1.54) is 49.6 Å². The van der Waals surface area contributed by atoms with Gasteiger partial charge in [0.15, 0.2) is 0 Å². The number of methoxy groups -OCH3 is 1. The first-order chi connectivity index (χ1) is 15.9. The fourth-order valence-corrected chi connectivity index (χ4v) is 3.85. The summed E-state index contributed by atoms with van der Waals surface area (Å²) in [7, 11) is 1.52. The van der Waals surface area contributed by atoms with Crippen LogP contribution < -0.4 is 10.6 Å². The van der Waals surface area contributed by atoms with Gasteiger partial charge in [-0.05, 0) is 55.2 Å². The second kappa shape index (κ2) is 11.5. The third kappa shape index (κ3) is 6.35. The maximum absolute atomic E-state index is 14.0. The molecule has 0 bridgehead atoms. The van der Waals surface area contributed by atoms with E-state index in [0.717, 1.165) is 0 Å². The van der Waals surface area contributed by atoms with Gasteiger partial charge in [-0.1, -0.05) is 12.1 Å². The standard InChI is InChI=1S/C24H27F2N3O4/c1-33-15-12-27-23(31)21(28-22(30)17-6-8-18(25)9-7-17)16-10-13-29(14-11-16)24(32)19-4-2-3-5-20(19)26/h2-9,16,21H,10-15H2,1H3,(H,27,31)(H,28,30). The molecule has 1 saturated heterocycles. The van der Waals surface area contributed by atoms with Crippen LogP contribution in [0.2, 0.25) is 0 Å². The number of carbonyl (C=O) groups excluding carboxylic acids is 3. The zero-order valence-corrected chi connectivity index (χ0v) is 18.4. The molecule has 0 aliphatic carbocycles. The lowest BCUT2D eigenvalue weighted by Gasteiger charge is -2.36. The maximum Gasteiger partial charge on any atom is 0.256 e. The summed E-state index contributed by atoms with van der Waals surface area (Å²) >= 11 is 0. The van der Waals surface area contributed by atoms with Crippen molar-refractivity contribution in [2.75, 3.05) is 33.4 Å². The van der Waals surface area contributed by atoms with Crippen LogP contribution in [-0.2, 0) is 9.53 Å². The molecule has 1 unspecified atom stereocenters. The van der Waals surface area contributed by atoms with E-state index in [9.17, 15) is 23.2 Å². The fraction of sp³-hybridized carbons (Fsp3) is 0.375. The number of amides is 3. The molecule has 1 fully saturated rings. The number of carbonyl (C=O) groups is 3. The van der Waals surface area contributed by atoms with Crippen molar-refractivity contribution in [1.82, 2.24) is 15.5 Å². The predicted octanol–water partition coefficient (Wildman–Crippen LogP) is 2.38. The van der Waals surface area contributed by atoms with Crippen molar-refractivity contribution < 1.29 is 27.9 Å². The number of benzene rings is 2. The Kier molecular flexibility index (Phi) is 8.48. The van der Waals surface area contributed by atoms with Crippen molar-refractivity contribution in [3.8, 4) is 0 Å². The number of halogens is 2. The Morgan fingerprint density at radius 2 is 1.73 bits per heavy atom. The number of hydrogen-bond acceptors (Lipinski definition) is 4. The van der Waals surface area contributed by atoms with Crippen molar-refractivity contribution in [1.29, 1.82) is 0 Å². The zero-order valence-electron chi connectivity index (χ0n) is 18.4. The van der Waals surface area contributed by atoms with E-state index in [1.54, 1.807) is 11.0 Å². The van der Waals surface area contributed by atoms with Crippen LogP contribution in [0.3, 0.4) is 0 Å². The number of hydrogen-bond donors (Lipinski definition) is 2. The summed E-state index contributed by atoms with van der Waals surface area (Å²) in [6.45, 7) is 1.25. The first-order valence-corrected chi connectivity index (χ1v) is 10.8. The third-order valence-corrected chi connectivity index (χ3v) is 5.68. The van der Waals surface area contributed by atoms with Crippen molar-refractivity contribution in [3.05, 3.63) is 71.3 Å². The molecular formula is C24H27F2N3O4. The lowest BCUT2D eigenvalue weighted by molar-refractivity contribution is -0.124. The van der Waals surface area contributed by atoms with Gasteiger partial charge >= 0.3 is 0 Å². The molecule has 1 atom stereocenters. The summed E-state index contributed by atoms with van der Waals surface area (Å²) in [5.41, 5.74) is 0.243. The molecule has 0 spiro atoms. The minimum Gasteiger partial charge on any atom is -0.383 e. The molecule has 1 aliphatic rings. The predicted molar refractivity (Wildman–Crippen MR) is 118 cm³/mol. The maximum atomic E-state index is 14.0. The highest BCUT2D eigenvalue weighted by atomic mass is 19.1. The number of nitrogens with one attached hydrogen (secondary N) is 2. The van der Waals surface area contributed by atoms with Crippen LogP contribution in [0.15, 0.2) is 48.5 Å². The molecule has 2 aromatic rings. The number of nitrogens with zero attached hydrogens (tertiary/aromatic N) is 1. The monoisotopic (exact) mass is 459 g/mol. The molecule has 1 heterocycles. The second-order valence-electron chi connectivity index (χ2n) is 7.85. The number of ether oxygens (including phenoxy) is 1. The summed E-state index contributed by atoms with van der Waals surface area (Å²) < 4.78 is 32.2. The summed E-state index contributed by atoms with van der Waals surface area (Å²) in [4.78, 5) is 39.8. The first kappa shape index (κ1) is 24.3. The van der Waals surface area contributed by atoms with Crippen LogP contribution in [-0.4, -0.2) is 62.0 Å². The first-order valence-electron chi connectivity index (χ1n) is 10.8. The van der Waals surface area contributed by atoms with Gasteiger partial charge < -0.3 is 20.3 Å². The lowest BCUT2D eigenvalue weighted by atomic mass is 9.88. The molecule has 3 amide bonds. The Morgan fingerprint density at radius 3 is 2.36 bits per heavy atom.